The molecule has 78 heavy (non-hydrogen) atoms. The third-order valence-electron chi connectivity index (χ3n) is 12.4. The minimum atomic E-state index is -1.28. The monoisotopic (exact) mass is 1080 g/mol. The van der Waals surface area contributed by atoms with Gasteiger partial charge in [-0.15, -0.1) is 0 Å². The van der Waals surface area contributed by atoms with Crippen LogP contribution in [-0.2, 0) is 16.0 Å². The van der Waals surface area contributed by atoms with Gasteiger partial charge in [0.15, 0.2) is 23.9 Å². The first-order valence-electron chi connectivity index (χ1n) is 24.5. The Kier molecular flexibility index (Phi) is 16.2. The van der Waals surface area contributed by atoms with Crippen molar-refractivity contribution in [1.29, 1.82) is 0 Å². The number of amides is 1. The lowest BCUT2D eigenvalue weighted by Crippen LogP contribution is -2.30. The summed E-state index contributed by atoms with van der Waals surface area (Å²) in [6.07, 6.45) is 2.28. The minimum Gasteiger partial charge on any atom is -0.507 e. The van der Waals surface area contributed by atoms with Gasteiger partial charge in [0.25, 0.3) is 5.91 Å². The molecule has 390 valence electrons. The number of Topliss-reactive ketones (excluding diaryl/α,β-unsaturated/α-hetero) is 1. The first kappa shape index (κ1) is 53.4. The van der Waals surface area contributed by atoms with Crippen molar-refractivity contribution >= 4 is 68.8 Å². The number of hydrogen-bond acceptors (Lipinski definition) is 10. The van der Waals surface area contributed by atoms with Crippen molar-refractivity contribution in [3.05, 3.63) is 200 Å². The molecule has 0 saturated heterocycles. The molecule has 15 heteroatoms. The second kappa shape index (κ2) is 23.6. The molecule has 1 aliphatic carbocycles. The number of phenols is 2. The van der Waals surface area contributed by atoms with E-state index in [1.807, 2.05) is 24.3 Å². The molecular formula is C63H47Cl2NO12. The standard InChI is InChI=1S/C35H27ClO6.C28H20ClNO6/c1-21(2)24-12-9-23(10-13-24)16-27(37)20-41-28-8-4-6-25(17-28)34-29(14-11-22-5-3-7-26(36)15-22)30-18-31(35(39)40)32(38)19-33(30)42-34;29-18-3-1-2-16(12-18)4-11-21-22-13-23(28(33)34)24(31)14-25(22)36-27(21)17-5-9-20(10-6-17)35-15-26(32)30-19-7-8-19/h3-10,12-13,15,17-19,21,38H,16,20H2,1-2H3,(H,39,40);1-3,5-6,9-10,12-14,19,31H,7-8,15H2,(H,30,32)(H,33,34). The van der Waals surface area contributed by atoms with Crippen molar-refractivity contribution in [2.75, 3.05) is 13.2 Å². The van der Waals surface area contributed by atoms with E-state index in [1.165, 1.54) is 29.8 Å². The number of carboxylic acid groups (broad SMARTS) is 2. The number of ether oxygens (including phenoxy) is 2. The number of carbonyl (C=O) groups is 4. The molecule has 0 unspecified atom stereocenters. The summed E-state index contributed by atoms with van der Waals surface area (Å²) in [5.74, 6) is 10.9. The molecule has 7 aromatic carbocycles. The average Bonchev–Trinajstić information content (AvgIpc) is 4.27. The second-order valence-corrected chi connectivity index (χ2v) is 19.4. The van der Waals surface area contributed by atoms with E-state index in [1.54, 1.807) is 97.1 Å². The van der Waals surface area contributed by atoms with Crippen LogP contribution in [0.3, 0.4) is 0 Å². The molecule has 0 aliphatic heterocycles. The van der Waals surface area contributed by atoms with E-state index in [2.05, 4.69) is 42.8 Å². The number of carbonyl (C=O) groups excluding carboxylic acids is 2. The van der Waals surface area contributed by atoms with Gasteiger partial charge >= 0.3 is 11.9 Å². The summed E-state index contributed by atoms with van der Waals surface area (Å²) in [4.78, 5) is 47.8. The fourth-order valence-corrected chi connectivity index (χ4v) is 8.58. The molecule has 0 atom stereocenters. The molecule has 2 heterocycles. The minimum absolute atomic E-state index is 0.0637. The molecule has 10 rings (SSSR count). The van der Waals surface area contributed by atoms with Gasteiger partial charge in [-0.05, 0) is 115 Å². The number of nitrogens with one attached hydrogen (secondary N) is 1. The maximum absolute atomic E-state index is 12.7. The van der Waals surface area contributed by atoms with Crippen LogP contribution in [0, 0.1) is 23.7 Å². The van der Waals surface area contributed by atoms with Crippen LogP contribution in [-0.4, -0.2) is 63.3 Å². The Morgan fingerprint density at radius 1 is 0.603 bits per heavy atom. The van der Waals surface area contributed by atoms with Gasteiger partial charge in [-0.3, -0.25) is 9.59 Å². The molecule has 9 aromatic rings. The molecule has 0 spiro atoms. The Hall–Kier alpha value is -9.40. The number of fused-ring (bicyclic) bond motifs is 2. The summed E-state index contributed by atoms with van der Waals surface area (Å²) in [5.41, 5.74) is 5.68. The van der Waals surface area contributed by atoms with Gasteiger partial charge in [-0.1, -0.05) is 109 Å². The van der Waals surface area contributed by atoms with Gasteiger partial charge in [0.2, 0.25) is 0 Å². The molecule has 1 amide bonds. The number of halogens is 2. The van der Waals surface area contributed by atoms with Crippen LogP contribution in [0.15, 0.2) is 154 Å². The van der Waals surface area contributed by atoms with Gasteiger partial charge in [0.05, 0.1) is 11.1 Å². The Labute approximate surface area is 457 Å². The number of benzene rings is 7. The zero-order chi connectivity index (χ0) is 55.0. The van der Waals surface area contributed by atoms with E-state index in [9.17, 15) is 39.6 Å². The van der Waals surface area contributed by atoms with Crippen molar-refractivity contribution in [3.8, 4) is 69.3 Å². The van der Waals surface area contributed by atoms with Gasteiger partial charge in [-0.25, -0.2) is 9.59 Å². The van der Waals surface area contributed by atoms with Crippen LogP contribution in [0.5, 0.6) is 23.0 Å². The maximum Gasteiger partial charge on any atom is 0.339 e. The van der Waals surface area contributed by atoms with Gasteiger partial charge < -0.3 is 44.1 Å². The summed E-state index contributed by atoms with van der Waals surface area (Å²) in [6.45, 7) is 4.07. The predicted molar refractivity (Wildman–Crippen MR) is 297 cm³/mol. The number of rotatable bonds is 14. The van der Waals surface area contributed by atoms with Crippen molar-refractivity contribution in [1.82, 2.24) is 5.32 Å². The molecule has 5 N–H and O–H groups in total. The van der Waals surface area contributed by atoms with E-state index in [4.69, 9.17) is 41.5 Å². The lowest BCUT2D eigenvalue weighted by Gasteiger charge is -2.09. The van der Waals surface area contributed by atoms with Crippen LogP contribution >= 0.6 is 23.2 Å². The zero-order valence-corrected chi connectivity index (χ0v) is 43.4. The molecule has 0 bridgehead atoms. The molecular weight excluding hydrogens is 1030 g/mol. The number of aromatic hydroxyl groups is 2. The Morgan fingerprint density at radius 3 is 1.64 bits per heavy atom. The predicted octanol–water partition coefficient (Wildman–Crippen LogP) is 13.1. The zero-order valence-electron chi connectivity index (χ0n) is 41.9. The van der Waals surface area contributed by atoms with Crippen LogP contribution in [0.4, 0.5) is 0 Å². The first-order valence-corrected chi connectivity index (χ1v) is 25.3. The number of aromatic carboxylic acids is 2. The van der Waals surface area contributed by atoms with Gasteiger partial charge in [0, 0.05) is 67.7 Å². The highest BCUT2D eigenvalue weighted by Gasteiger charge is 2.24. The molecule has 13 nitrogen and oxygen atoms in total. The molecule has 2 aromatic heterocycles. The lowest BCUT2D eigenvalue weighted by molar-refractivity contribution is -0.123. The number of furan rings is 2. The van der Waals surface area contributed by atoms with E-state index in [-0.39, 0.29) is 54.1 Å². The Balaban J connectivity index is 0.000000192. The van der Waals surface area contributed by atoms with Crippen molar-refractivity contribution in [3.63, 3.8) is 0 Å². The average molecular weight is 1080 g/mol. The van der Waals surface area contributed by atoms with Crippen LogP contribution < -0.4 is 14.8 Å². The molecule has 0 radical (unpaired) electrons. The summed E-state index contributed by atoms with van der Waals surface area (Å²) in [7, 11) is 0. The van der Waals surface area contributed by atoms with Gasteiger partial charge in [0.1, 0.15) is 51.9 Å². The second-order valence-electron chi connectivity index (χ2n) is 18.6. The van der Waals surface area contributed by atoms with Crippen LogP contribution in [0.2, 0.25) is 10.0 Å². The maximum atomic E-state index is 12.7. The number of ketones is 1. The van der Waals surface area contributed by atoms with E-state index < -0.39 is 23.4 Å². The summed E-state index contributed by atoms with van der Waals surface area (Å²) in [6, 6.07) is 41.6. The SMILES string of the molecule is CC(C)c1ccc(CC(=O)COc2cccc(-c3oc4cc(O)c(C(=O)O)cc4c3C#Cc3cccc(Cl)c3)c2)cc1.O=C(COc1ccc(-c2oc3cc(O)c(C(=O)O)cc3c2C#Cc2cccc(Cl)c2)cc1)NC1CC1. The third-order valence-corrected chi connectivity index (χ3v) is 12.8. The number of carboxylic acids is 2. The smallest absolute Gasteiger partial charge is 0.339 e. The van der Waals surface area contributed by atoms with Crippen molar-refractivity contribution in [2.24, 2.45) is 0 Å². The summed E-state index contributed by atoms with van der Waals surface area (Å²) >= 11 is 12.2. The van der Waals surface area contributed by atoms with E-state index >= 15 is 0 Å². The highest BCUT2D eigenvalue weighted by molar-refractivity contribution is 6.31. The topological polar surface area (TPSA) is 206 Å². The third kappa shape index (κ3) is 13.2. The fourth-order valence-electron chi connectivity index (χ4n) is 8.20. The summed E-state index contributed by atoms with van der Waals surface area (Å²) < 4.78 is 23.5. The largest absolute Gasteiger partial charge is 0.507 e. The molecule has 1 saturated carbocycles. The Bertz CT molecular complexity index is 3900. The number of hydrogen-bond donors (Lipinski definition) is 5. The van der Waals surface area contributed by atoms with Crippen molar-refractivity contribution in [2.45, 2.75) is 45.1 Å². The molecule has 1 fully saturated rings. The van der Waals surface area contributed by atoms with Crippen LogP contribution in [0.25, 0.3) is 44.6 Å². The summed E-state index contributed by atoms with van der Waals surface area (Å²) in [5, 5.41) is 44.2. The first-order chi connectivity index (χ1) is 37.5. The van der Waals surface area contributed by atoms with E-state index in [0.29, 0.717) is 88.7 Å². The highest BCUT2D eigenvalue weighted by atomic mass is 35.5. The molecule has 1 aliphatic rings. The van der Waals surface area contributed by atoms with Crippen molar-refractivity contribution < 1.29 is 57.9 Å². The lowest BCUT2D eigenvalue weighted by atomic mass is 10.0. The normalized spacial score (nSPS) is 11.7. The fraction of sp³-hybridized carbons (Fsp3) is 0.143. The van der Waals surface area contributed by atoms with Crippen LogP contribution in [0.1, 0.15) is 86.7 Å². The van der Waals surface area contributed by atoms with Gasteiger partial charge in [-0.2, -0.15) is 0 Å². The van der Waals surface area contributed by atoms with E-state index in [0.717, 1.165) is 18.4 Å². The quantitative estimate of drug-likeness (QED) is 0.0645. The highest BCUT2D eigenvalue weighted by Crippen LogP contribution is 2.39. The Morgan fingerprint density at radius 2 is 1.13 bits per heavy atom.